The van der Waals surface area contributed by atoms with Gasteiger partial charge >= 0.3 is 0 Å². The first-order valence-corrected chi connectivity index (χ1v) is 6.23. The summed E-state index contributed by atoms with van der Waals surface area (Å²) in [4.78, 5) is 0. The lowest BCUT2D eigenvalue weighted by Crippen LogP contribution is -2.14. The number of hydrogen-bond acceptors (Lipinski definition) is 0. The van der Waals surface area contributed by atoms with Crippen molar-refractivity contribution < 1.29 is 0 Å². The Morgan fingerprint density at radius 2 is 1.60 bits per heavy atom. The molecule has 2 saturated carbocycles. The second-order valence-electron chi connectivity index (χ2n) is 5.42. The van der Waals surface area contributed by atoms with E-state index in [1.165, 1.54) is 43.2 Å². The Morgan fingerprint density at radius 3 is 2.20 bits per heavy atom. The smallest absolute Gasteiger partial charge is 0.0487 e. The van der Waals surface area contributed by atoms with Crippen LogP contribution in [-0.2, 0) is 0 Å². The number of hydrogen-bond donors (Lipinski definition) is 0. The van der Waals surface area contributed by atoms with E-state index in [1.807, 2.05) is 0 Å². The molecule has 0 heterocycles. The third-order valence-electron chi connectivity index (χ3n) is 4.18. The highest BCUT2D eigenvalue weighted by Crippen LogP contribution is 2.47. The van der Waals surface area contributed by atoms with Gasteiger partial charge in [-0.25, -0.2) is 0 Å². The predicted molar refractivity (Wildman–Crippen MR) is 63.6 cm³/mol. The quantitative estimate of drug-likeness (QED) is 0.597. The summed E-state index contributed by atoms with van der Waals surface area (Å²) in [6.45, 7) is 2.17. The maximum atomic E-state index is 2.31. The van der Waals surface area contributed by atoms with Crippen LogP contribution in [-0.4, -0.2) is 0 Å². The van der Waals surface area contributed by atoms with E-state index in [4.69, 9.17) is 0 Å². The average molecular weight is 199 g/mol. The van der Waals surface area contributed by atoms with Crippen LogP contribution in [0.5, 0.6) is 0 Å². The fourth-order valence-corrected chi connectivity index (χ4v) is 3.35. The molecule has 2 fully saturated rings. The van der Waals surface area contributed by atoms with Crippen molar-refractivity contribution in [1.82, 2.24) is 0 Å². The Bertz CT molecular complexity index is 324. The van der Waals surface area contributed by atoms with Crippen LogP contribution in [0.4, 0.5) is 0 Å². The van der Waals surface area contributed by atoms with Gasteiger partial charge in [-0.15, -0.1) is 0 Å². The molecule has 2 aliphatic carbocycles. The summed E-state index contributed by atoms with van der Waals surface area (Å²) in [6, 6.07) is 9.13. The van der Waals surface area contributed by atoms with Crippen LogP contribution >= 0.6 is 0 Å². The first-order valence-electron chi connectivity index (χ1n) is 6.23. The summed E-state index contributed by atoms with van der Waals surface area (Å²) in [5.74, 6) is 3.76. The van der Waals surface area contributed by atoms with Crippen molar-refractivity contribution in [3.63, 3.8) is 0 Å². The molecule has 2 unspecified atom stereocenters. The number of aryl methyl sites for hydroxylation is 1. The molecular weight excluding hydrogens is 180 g/mol. The molecular formula is C15H19+. The van der Waals surface area contributed by atoms with Crippen LogP contribution in [0, 0.1) is 24.7 Å². The molecule has 1 aromatic carbocycles. The van der Waals surface area contributed by atoms with E-state index in [9.17, 15) is 0 Å². The number of rotatable bonds is 1. The highest BCUT2D eigenvalue weighted by Gasteiger charge is 2.38. The first-order chi connectivity index (χ1) is 7.31. The molecule has 0 saturated heterocycles. The van der Waals surface area contributed by atoms with Crippen molar-refractivity contribution in [2.45, 2.75) is 39.0 Å². The van der Waals surface area contributed by atoms with Crippen molar-refractivity contribution in [1.29, 1.82) is 0 Å². The molecule has 0 nitrogen and oxygen atoms in total. The minimum absolute atomic E-state index is 1.01. The predicted octanol–water partition coefficient (Wildman–Crippen LogP) is 4.13. The number of fused-ring (bicyclic) bond motifs is 2. The van der Waals surface area contributed by atoms with E-state index in [-0.39, 0.29) is 0 Å². The second-order valence-corrected chi connectivity index (χ2v) is 5.42. The lowest BCUT2D eigenvalue weighted by atomic mass is 9.77. The van der Waals surface area contributed by atoms with E-state index in [1.54, 1.807) is 5.92 Å². The van der Waals surface area contributed by atoms with Crippen LogP contribution in [0.25, 0.3) is 0 Å². The van der Waals surface area contributed by atoms with Gasteiger partial charge in [0.1, 0.15) is 5.56 Å². The molecule has 78 valence electrons. The first kappa shape index (κ1) is 9.33. The highest BCUT2D eigenvalue weighted by atomic mass is 14.4. The van der Waals surface area contributed by atoms with Gasteiger partial charge in [-0.05, 0) is 55.7 Å². The lowest BCUT2D eigenvalue weighted by molar-refractivity contribution is 0.395. The van der Waals surface area contributed by atoms with Crippen LogP contribution in [0.1, 0.15) is 43.2 Å². The van der Waals surface area contributed by atoms with Gasteiger partial charge in [-0.3, -0.25) is 0 Å². The second kappa shape index (κ2) is 3.59. The van der Waals surface area contributed by atoms with Gasteiger partial charge in [-0.2, -0.15) is 0 Å². The zero-order valence-corrected chi connectivity index (χ0v) is 9.50. The molecule has 2 aliphatic rings. The summed E-state index contributed by atoms with van der Waals surface area (Å²) in [5.41, 5.74) is 2.88. The molecule has 0 heteroatoms. The van der Waals surface area contributed by atoms with Gasteiger partial charge in [0.05, 0.1) is 0 Å². The summed E-state index contributed by atoms with van der Waals surface area (Å²) >= 11 is 0. The minimum Gasteiger partial charge on any atom is -0.0487 e. The Morgan fingerprint density at radius 1 is 1.00 bits per heavy atom. The van der Waals surface area contributed by atoms with Crippen molar-refractivity contribution >= 4 is 0 Å². The summed E-state index contributed by atoms with van der Waals surface area (Å²) < 4.78 is 0. The van der Waals surface area contributed by atoms with Crippen molar-refractivity contribution in [3.05, 3.63) is 41.3 Å². The van der Waals surface area contributed by atoms with Crippen LogP contribution in [0.2, 0.25) is 0 Å². The minimum atomic E-state index is 1.01. The van der Waals surface area contributed by atoms with E-state index < -0.39 is 0 Å². The zero-order valence-electron chi connectivity index (χ0n) is 9.50. The molecule has 3 rings (SSSR count). The average Bonchev–Trinajstić information content (AvgIpc) is 2.59. The monoisotopic (exact) mass is 199 g/mol. The van der Waals surface area contributed by atoms with Crippen molar-refractivity contribution in [3.8, 4) is 0 Å². The van der Waals surface area contributed by atoms with E-state index in [0.717, 1.165) is 11.8 Å². The molecule has 0 amide bonds. The molecule has 0 N–H and O–H groups in total. The van der Waals surface area contributed by atoms with Gasteiger partial charge in [0, 0.05) is 30.9 Å². The zero-order chi connectivity index (χ0) is 10.3. The molecule has 0 spiro atoms. The maximum Gasteiger partial charge on any atom is 0.132 e. The Hall–Kier alpha value is -0.910. The third kappa shape index (κ3) is 1.78. The van der Waals surface area contributed by atoms with Crippen LogP contribution in [0.15, 0.2) is 24.3 Å². The van der Waals surface area contributed by atoms with Crippen molar-refractivity contribution in [2.75, 3.05) is 0 Å². The Kier molecular flexibility index (Phi) is 2.23. The molecule has 0 aromatic heterocycles. The molecule has 0 radical (unpaired) electrons. The molecule has 1 aromatic rings. The molecule has 15 heavy (non-hydrogen) atoms. The van der Waals surface area contributed by atoms with Gasteiger partial charge in [-0.1, -0.05) is 0 Å². The van der Waals surface area contributed by atoms with Crippen LogP contribution in [0.3, 0.4) is 0 Å². The van der Waals surface area contributed by atoms with Gasteiger partial charge < -0.3 is 0 Å². The summed E-state index contributed by atoms with van der Waals surface area (Å²) in [7, 11) is 0. The number of benzene rings is 1. The van der Waals surface area contributed by atoms with Crippen LogP contribution < -0.4 is 0 Å². The lowest BCUT2D eigenvalue weighted by Gasteiger charge is -2.23. The van der Waals surface area contributed by atoms with E-state index in [0.29, 0.717) is 0 Å². The Labute approximate surface area is 92.7 Å². The molecule has 2 bridgehead atoms. The largest absolute Gasteiger partial charge is 0.132 e. The summed E-state index contributed by atoms with van der Waals surface area (Å²) in [6.07, 6.45) is 7.23. The SMILES string of the molecule is Cc1ccc([C+]2CC3CCC(C2)C3)cc1. The highest BCUT2D eigenvalue weighted by molar-refractivity contribution is 5.34. The Balaban J connectivity index is 1.80. The molecule has 0 aliphatic heterocycles. The fourth-order valence-electron chi connectivity index (χ4n) is 3.35. The third-order valence-corrected chi connectivity index (χ3v) is 4.18. The van der Waals surface area contributed by atoms with Gasteiger partial charge in [0.25, 0.3) is 0 Å². The summed E-state index contributed by atoms with van der Waals surface area (Å²) in [5, 5.41) is 0. The van der Waals surface area contributed by atoms with Crippen molar-refractivity contribution in [2.24, 2.45) is 11.8 Å². The van der Waals surface area contributed by atoms with Gasteiger partial charge in [0.15, 0.2) is 0 Å². The standard InChI is InChI=1S/C15H19/c1-11-2-6-14(7-3-11)15-9-12-4-5-13(8-12)10-15/h2-3,6-7,12-13H,4-5,8-10H2,1H3/q+1. The maximum absolute atomic E-state index is 2.31. The van der Waals surface area contributed by atoms with E-state index in [2.05, 4.69) is 31.2 Å². The fraction of sp³-hybridized carbons (Fsp3) is 0.533. The topological polar surface area (TPSA) is 0 Å². The molecule has 2 atom stereocenters. The van der Waals surface area contributed by atoms with Gasteiger partial charge in [0.2, 0.25) is 0 Å². The van der Waals surface area contributed by atoms with E-state index >= 15 is 0 Å². The normalized spacial score (nSPS) is 29.5.